The van der Waals surface area contributed by atoms with Gasteiger partial charge in [0.25, 0.3) is 0 Å². The summed E-state index contributed by atoms with van der Waals surface area (Å²) >= 11 is 0. The van der Waals surface area contributed by atoms with Crippen LogP contribution in [0.15, 0.2) is 60.7 Å². The molecule has 92 valence electrons. The molecule has 0 saturated carbocycles. The van der Waals surface area contributed by atoms with Crippen LogP contribution in [0, 0.1) is 5.82 Å². The van der Waals surface area contributed by atoms with Gasteiger partial charge in [-0.2, -0.15) is 0 Å². The Morgan fingerprint density at radius 3 is 2.28 bits per heavy atom. The monoisotopic (exact) mass is 242 g/mol. The van der Waals surface area contributed by atoms with E-state index in [-0.39, 0.29) is 5.82 Å². The molecule has 2 aromatic rings. The van der Waals surface area contributed by atoms with Crippen LogP contribution in [0.3, 0.4) is 0 Å². The summed E-state index contributed by atoms with van der Waals surface area (Å²) in [5.74, 6) is -0.389. The molecule has 0 saturated heterocycles. The molecule has 0 fully saturated rings. The molecule has 0 bridgehead atoms. The second-order valence-corrected chi connectivity index (χ2v) is 4.03. The highest BCUT2D eigenvalue weighted by Gasteiger charge is 2.17. The van der Waals surface area contributed by atoms with Crippen LogP contribution in [0.5, 0.6) is 0 Å². The van der Waals surface area contributed by atoms with Gasteiger partial charge < -0.3 is 5.11 Å². The molecular weight excluding hydrogens is 227 g/mol. The average molecular weight is 242 g/mol. The van der Waals surface area contributed by atoms with Crippen LogP contribution in [0.4, 0.5) is 4.39 Å². The highest BCUT2D eigenvalue weighted by atomic mass is 19.1. The molecule has 0 heterocycles. The van der Waals surface area contributed by atoms with E-state index in [1.165, 1.54) is 6.07 Å². The van der Waals surface area contributed by atoms with Gasteiger partial charge in [0.1, 0.15) is 11.9 Å². The molecule has 0 amide bonds. The van der Waals surface area contributed by atoms with Crippen molar-refractivity contribution in [2.45, 2.75) is 13.0 Å². The second-order valence-electron chi connectivity index (χ2n) is 4.03. The van der Waals surface area contributed by atoms with E-state index in [0.29, 0.717) is 11.1 Å². The zero-order valence-corrected chi connectivity index (χ0v) is 10.2. The Morgan fingerprint density at radius 1 is 1.06 bits per heavy atom. The third-order valence-corrected chi connectivity index (χ3v) is 2.91. The van der Waals surface area contributed by atoms with Gasteiger partial charge in [0.05, 0.1) is 0 Å². The van der Waals surface area contributed by atoms with E-state index in [9.17, 15) is 9.50 Å². The number of halogens is 1. The number of aliphatic hydroxyl groups excluding tert-OH is 1. The summed E-state index contributed by atoms with van der Waals surface area (Å²) in [6, 6.07) is 15.8. The van der Waals surface area contributed by atoms with Crippen LogP contribution in [0.2, 0.25) is 0 Å². The standard InChI is InChI=1S/C16H15FO/c1-2-13(12-8-4-3-5-9-12)16(18)14-10-6-7-11-15(14)17/h2-11,16,18H,1H3/b13-2+. The minimum atomic E-state index is -0.946. The first-order valence-electron chi connectivity index (χ1n) is 5.88. The lowest BCUT2D eigenvalue weighted by molar-refractivity contribution is 0.232. The van der Waals surface area contributed by atoms with Gasteiger partial charge in [0, 0.05) is 5.56 Å². The summed E-state index contributed by atoms with van der Waals surface area (Å²) in [6.07, 6.45) is 0.866. The molecule has 0 aromatic heterocycles. The number of hydrogen-bond donors (Lipinski definition) is 1. The summed E-state index contributed by atoms with van der Waals surface area (Å²) in [4.78, 5) is 0. The van der Waals surface area contributed by atoms with Crippen molar-refractivity contribution in [3.8, 4) is 0 Å². The first kappa shape index (κ1) is 12.5. The van der Waals surface area contributed by atoms with E-state index >= 15 is 0 Å². The molecule has 0 spiro atoms. The van der Waals surface area contributed by atoms with Crippen LogP contribution < -0.4 is 0 Å². The van der Waals surface area contributed by atoms with Gasteiger partial charge in [-0.1, -0.05) is 54.6 Å². The molecule has 1 N–H and O–H groups in total. The van der Waals surface area contributed by atoms with Gasteiger partial charge in [-0.3, -0.25) is 0 Å². The van der Waals surface area contributed by atoms with Gasteiger partial charge >= 0.3 is 0 Å². The lowest BCUT2D eigenvalue weighted by atomic mass is 9.95. The van der Waals surface area contributed by atoms with Crippen molar-refractivity contribution in [1.82, 2.24) is 0 Å². The number of allylic oxidation sites excluding steroid dienone is 1. The van der Waals surface area contributed by atoms with Crippen LogP contribution in [-0.4, -0.2) is 5.11 Å². The van der Waals surface area contributed by atoms with E-state index in [4.69, 9.17) is 0 Å². The van der Waals surface area contributed by atoms with Crippen molar-refractivity contribution in [1.29, 1.82) is 0 Å². The van der Waals surface area contributed by atoms with E-state index in [1.54, 1.807) is 18.2 Å². The van der Waals surface area contributed by atoms with Gasteiger partial charge in [-0.15, -0.1) is 0 Å². The van der Waals surface area contributed by atoms with Gasteiger partial charge in [0.15, 0.2) is 0 Å². The van der Waals surface area contributed by atoms with Gasteiger partial charge in [-0.05, 0) is 24.1 Å². The fraction of sp³-hybridized carbons (Fsp3) is 0.125. The van der Waals surface area contributed by atoms with Crippen LogP contribution in [0.25, 0.3) is 5.57 Å². The number of rotatable bonds is 3. The predicted molar refractivity (Wildman–Crippen MR) is 71.5 cm³/mol. The summed E-state index contributed by atoms with van der Waals surface area (Å²) in [5.41, 5.74) is 1.91. The van der Waals surface area contributed by atoms with Crippen molar-refractivity contribution >= 4 is 5.57 Å². The number of benzene rings is 2. The van der Waals surface area contributed by atoms with Crippen molar-refractivity contribution in [3.63, 3.8) is 0 Å². The minimum absolute atomic E-state index is 0.300. The maximum absolute atomic E-state index is 13.7. The average Bonchev–Trinajstić information content (AvgIpc) is 2.41. The van der Waals surface area contributed by atoms with Crippen molar-refractivity contribution in [2.24, 2.45) is 0 Å². The van der Waals surface area contributed by atoms with Crippen molar-refractivity contribution in [3.05, 3.63) is 77.6 Å². The molecule has 0 aliphatic rings. The Bertz CT molecular complexity index is 546. The maximum atomic E-state index is 13.7. The topological polar surface area (TPSA) is 20.2 Å². The Balaban J connectivity index is 2.39. The highest BCUT2D eigenvalue weighted by molar-refractivity contribution is 5.70. The quantitative estimate of drug-likeness (QED) is 0.863. The Kier molecular flexibility index (Phi) is 3.90. The second kappa shape index (κ2) is 5.61. The van der Waals surface area contributed by atoms with Gasteiger partial charge in [0.2, 0.25) is 0 Å². The number of aliphatic hydroxyl groups is 1. The molecule has 1 nitrogen and oxygen atoms in total. The summed E-state index contributed by atoms with van der Waals surface area (Å²) in [7, 11) is 0. The van der Waals surface area contributed by atoms with E-state index in [1.807, 2.05) is 43.3 Å². The third-order valence-electron chi connectivity index (χ3n) is 2.91. The fourth-order valence-corrected chi connectivity index (χ4v) is 1.98. The van der Waals surface area contributed by atoms with Crippen LogP contribution >= 0.6 is 0 Å². The number of hydrogen-bond acceptors (Lipinski definition) is 1. The normalized spacial score (nSPS) is 13.4. The molecule has 18 heavy (non-hydrogen) atoms. The zero-order chi connectivity index (χ0) is 13.0. The van der Waals surface area contributed by atoms with E-state index in [0.717, 1.165) is 5.56 Å². The molecule has 0 radical (unpaired) electrons. The smallest absolute Gasteiger partial charge is 0.129 e. The van der Waals surface area contributed by atoms with E-state index < -0.39 is 6.10 Å². The molecule has 0 aliphatic carbocycles. The molecule has 2 aromatic carbocycles. The maximum Gasteiger partial charge on any atom is 0.129 e. The Hall–Kier alpha value is -1.93. The molecule has 1 atom stereocenters. The first-order valence-corrected chi connectivity index (χ1v) is 5.88. The fourth-order valence-electron chi connectivity index (χ4n) is 1.98. The minimum Gasteiger partial charge on any atom is -0.384 e. The SMILES string of the molecule is C/C=C(\c1ccccc1)C(O)c1ccccc1F. The third kappa shape index (κ3) is 2.49. The Morgan fingerprint density at radius 2 is 1.67 bits per heavy atom. The molecule has 0 aliphatic heterocycles. The predicted octanol–water partition coefficient (Wildman–Crippen LogP) is 3.96. The van der Waals surface area contributed by atoms with E-state index in [2.05, 4.69) is 0 Å². The zero-order valence-electron chi connectivity index (χ0n) is 10.2. The largest absolute Gasteiger partial charge is 0.384 e. The molecule has 2 rings (SSSR count). The van der Waals surface area contributed by atoms with Crippen LogP contribution in [0.1, 0.15) is 24.2 Å². The molecule has 1 unspecified atom stereocenters. The Labute approximate surface area is 106 Å². The summed E-state index contributed by atoms with van der Waals surface area (Å²) in [5, 5.41) is 10.3. The van der Waals surface area contributed by atoms with Crippen molar-refractivity contribution < 1.29 is 9.50 Å². The summed E-state index contributed by atoms with van der Waals surface area (Å²) in [6.45, 7) is 1.84. The van der Waals surface area contributed by atoms with Crippen LogP contribution in [-0.2, 0) is 0 Å². The lowest BCUT2D eigenvalue weighted by Gasteiger charge is -2.16. The van der Waals surface area contributed by atoms with Gasteiger partial charge in [-0.25, -0.2) is 4.39 Å². The molecular formula is C16H15FO. The molecule has 2 heteroatoms. The first-order chi connectivity index (χ1) is 8.74. The van der Waals surface area contributed by atoms with Crippen molar-refractivity contribution in [2.75, 3.05) is 0 Å². The lowest BCUT2D eigenvalue weighted by Crippen LogP contribution is -2.03. The highest BCUT2D eigenvalue weighted by Crippen LogP contribution is 2.30. The summed E-state index contributed by atoms with van der Waals surface area (Å²) < 4.78 is 13.7.